The molecule has 120 valence electrons. The molecule has 5 nitrogen and oxygen atoms in total. The summed E-state index contributed by atoms with van der Waals surface area (Å²) in [4.78, 5) is 23.2. The molecule has 2 rings (SSSR count). The molecule has 0 spiro atoms. The van der Waals surface area contributed by atoms with E-state index in [1.807, 2.05) is 6.07 Å². The lowest BCUT2D eigenvalue weighted by atomic mass is 10.1. The molecule has 1 aromatic carbocycles. The number of methoxy groups -OCH3 is 1. The number of rotatable bonds is 5. The van der Waals surface area contributed by atoms with Gasteiger partial charge in [0.2, 0.25) is 5.91 Å². The Labute approximate surface area is 127 Å². The Morgan fingerprint density at radius 3 is 2.86 bits per heavy atom. The van der Waals surface area contributed by atoms with Crippen molar-refractivity contribution in [2.75, 3.05) is 20.2 Å². The van der Waals surface area contributed by atoms with E-state index in [2.05, 4.69) is 15.4 Å². The van der Waals surface area contributed by atoms with Crippen LogP contribution in [0.4, 0.5) is 8.78 Å². The fraction of sp³-hybridized carbons (Fsp3) is 0.467. The second kappa shape index (κ2) is 6.83. The van der Waals surface area contributed by atoms with Crippen LogP contribution in [0.5, 0.6) is 0 Å². The molecule has 0 aliphatic carbocycles. The number of carbonyl (C=O) groups is 2. The van der Waals surface area contributed by atoms with Crippen molar-refractivity contribution in [3.8, 4) is 0 Å². The number of alkyl halides is 2. The highest BCUT2D eigenvalue weighted by Gasteiger charge is 2.42. The second-order valence-electron chi connectivity index (χ2n) is 5.23. The molecule has 1 heterocycles. The smallest absolute Gasteiger partial charge is 0.337 e. The number of benzene rings is 1. The maximum atomic E-state index is 13.0. The van der Waals surface area contributed by atoms with Crippen molar-refractivity contribution in [3.05, 3.63) is 35.4 Å². The number of hydrogen-bond acceptors (Lipinski definition) is 4. The van der Waals surface area contributed by atoms with E-state index in [0.717, 1.165) is 5.56 Å². The first-order valence-electron chi connectivity index (χ1n) is 6.97. The van der Waals surface area contributed by atoms with E-state index in [9.17, 15) is 18.4 Å². The third kappa shape index (κ3) is 4.24. The van der Waals surface area contributed by atoms with E-state index < -0.39 is 36.8 Å². The molecule has 22 heavy (non-hydrogen) atoms. The van der Waals surface area contributed by atoms with Gasteiger partial charge in [-0.3, -0.25) is 10.1 Å². The predicted octanol–water partition coefficient (Wildman–Crippen LogP) is 1.13. The summed E-state index contributed by atoms with van der Waals surface area (Å²) < 4.78 is 30.7. The molecular weight excluding hydrogens is 294 g/mol. The molecule has 0 bridgehead atoms. The number of halogens is 2. The van der Waals surface area contributed by atoms with E-state index in [1.54, 1.807) is 18.2 Å². The van der Waals surface area contributed by atoms with Crippen LogP contribution in [-0.2, 0) is 16.0 Å². The van der Waals surface area contributed by atoms with E-state index in [-0.39, 0.29) is 0 Å². The van der Waals surface area contributed by atoms with E-state index in [4.69, 9.17) is 0 Å². The quantitative estimate of drug-likeness (QED) is 0.800. The standard InChI is InChI=1S/C15H18F2N2O3/c1-22-14(21)11-4-2-3-10(7-11)5-6-18-13(20)12-8-15(16,17)9-19-12/h2-4,7,12,19H,5-6,8-9H2,1H3,(H,18,20). The monoisotopic (exact) mass is 312 g/mol. The van der Waals surface area contributed by atoms with E-state index in [0.29, 0.717) is 18.5 Å². The summed E-state index contributed by atoms with van der Waals surface area (Å²) in [6.45, 7) is -0.153. The molecule has 0 saturated carbocycles. The van der Waals surface area contributed by atoms with Crippen LogP contribution in [0.3, 0.4) is 0 Å². The molecule has 1 saturated heterocycles. The minimum atomic E-state index is -2.82. The first-order chi connectivity index (χ1) is 10.4. The van der Waals surface area contributed by atoms with Gasteiger partial charge >= 0.3 is 5.97 Å². The summed E-state index contributed by atoms with van der Waals surface area (Å²) in [7, 11) is 1.31. The van der Waals surface area contributed by atoms with Gasteiger partial charge in [-0.05, 0) is 24.1 Å². The van der Waals surface area contributed by atoms with Gasteiger partial charge in [-0.1, -0.05) is 12.1 Å². The molecule has 1 aromatic rings. The van der Waals surface area contributed by atoms with Gasteiger partial charge in [0.25, 0.3) is 5.92 Å². The average molecular weight is 312 g/mol. The molecule has 7 heteroatoms. The Hall–Kier alpha value is -2.02. The SMILES string of the molecule is COC(=O)c1cccc(CCNC(=O)C2CC(F)(F)CN2)c1. The fourth-order valence-corrected chi connectivity index (χ4v) is 2.33. The normalized spacial score (nSPS) is 19.7. The Balaban J connectivity index is 1.81. The second-order valence-corrected chi connectivity index (χ2v) is 5.23. The van der Waals surface area contributed by atoms with Crippen LogP contribution in [0.2, 0.25) is 0 Å². The van der Waals surface area contributed by atoms with Gasteiger partial charge in [0.15, 0.2) is 0 Å². The van der Waals surface area contributed by atoms with Crippen LogP contribution in [0, 0.1) is 0 Å². The van der Waals surface area contributed by atoms with Gasteiger partial charge in [0.1, 0.15) is 0 Å². The summed E-state index contributed by atoms with van der Waals surface area (Å²) in [5, 5.41) is 5.13. The van der Waals surface area contributed by atoms with Crippen LogP contribution in [0.1, 0.15) is 22.3 Å². The lowest BCUT2D eigenvalue weighted by Gasteiger charge is -2.11. The highest BCUT2D eigenvalue weighted by molar-refractivity contribution is 5.89. The maximum absolute atomic E-state index is 13.0. The maximum Gasteiger partial charge on any atom is 0.337 e. The molecule has 1 unspecified atom stereocenters. The summed E-state index contributed by atoms with van der Waals surface area (Å²) in [5.41, 5.74) is 1.29. The Bertz CT molecular complexity index is 563. The highest BCUT2D eigenvalue weighted by Crippen LogP contribution is 2.24. The first-order valence-corrected chi connectivity index (χ1v) is 6.97. The van der Waals surface area contributed by atoms with Crippen molar-refractivity contribution in [2.24, 2.45) is 0 Å². The Kier molecular flexibility index (Phi) is 5.07. The molecular formula is C15H18F2N2O3. The minimum Gasteiger partial charge on any atom is -0.465 e. The van der Waals surface area contributed by atoms with E-state index >= 15 is 0 Å². The number of hydrogen-bond donors (Lipinski definition) is 2. The van der Waals surface area contributed by atoms with Crippen LogP contribution < -0.4 is 10.6 Å². The zero-order valence-electron chi connectivity index (χ0n) is 12.2. The third-order valence-electron chi connectivity index (χ3n) is 3.49. The summed E-state index contributed by atoms with van der Waals surface area (Å²) in [6, 6.07) is 6.01. The van der Waals surface area contributed by atoms with Gasteiger partial charge in [0.05, 0.1) is 25.3 Å². The molecule has 1 fully saturated rings. The number of carbonyl (C=O) groups excluding carboxylic acids is 2. The van der Waals surface area contributed by atoms with Gasteiger partial charge < -0.3 is 10.1 Å². The zero-order chi connectivity index (χ0) is 16.2. The van der Waals surface area contributed by atoms with Gasteiger partial charge in [-0.15, -0.1) is 0 Å². The van der Waals surface area contributed by atoms with Gasteiger partial charge in [0, 0.05) is 13.0 Å². The summed E-state index contributed by atoms with van der Waals surface area (Å²) in [5.74, 6) is -3.68. The van der Waals surface area contributed by atoms with Crippen LogP contribution in [-0.4, -0.2) is 44.0 Å². The van der Waals surface area contributed by atoms with Crippen LogP contribution in [0.25, 0.3) is 0 Å². The third-order valence-corrected chi connectivity index (χ3v) is 3.49. The minimum absolute atomic E-state index is 0.313. The lowest BCUT2D eigenvalue weighted by Crippen LogP contribution is -2.41. The van der Waals surface area contributed by atoms with Gasteiger partial charge in [-0.2, -0.15) is 0 Å². The molecule has 2 N–H and O–H groups in total. The molecule has 0 radical (unpaired) electrons. The zero-order valence-corrected chi connectivity index (χ0v) is 12.2. The highest BCUT2D eigenvalue weighted by atomic mass is 19.3. The number of esters is 1. The number of ether oxygens (including phenoxy) is 1. The predicted molar refractivity (Wildman–Crippen MR) is 75.8 cm³/mol. The molecule has 1 aliphatic rings. The molecule has 1 amide bonds. The van der Waals surface area contributed by atoms with Crippen molar-refractivity contribution in [1.82, 2.24) is 10.6 Å². The Morgan fingerprint density at radius 2 is 2.23 bits per heavy atom. The average Bonchev–Trinajstić information content (AvgIpc) is 2.87. The lowest BCUT2D eigenvalue weighted by molar-refractivity contribution is -0.123. The van der Waals surface area contributed by atoms with Crippen LogP contribution in [0.15, 0.2) is 24.3 Å². The van der Waals surface area contributed by atoms with Crippen molar-refractivity contribution in [2.45, 2.75) is 24.8 Å². The number of nitrogens with one attached hydrogen (secondary N) is 2. The van der Waals surface area contributed by atoms with Crippen molar-refractivity contribution in [1.29, 1.82) is 0 Å². The van der Waals surface area contributed by atoms with Crippen molar-refractivity contribution >= 4 is 11.9 Å². The van der Waals surface area contributed by atoms with E-state index in [1.165, 1.54) is 7.11 Å². The molecule has 1 aliphatic heterocycles. The molecule has 1 atom stereocenters. The van der Waals surface area contributed by atoms with Crippen LogP contribution >= 0.6 is 0 Å². The number of amides is 1. The Morgan fingerprint density at radius 1 is 1.45 bits per heavy atom. The summed E-state index contributed by atoms with van der Waals surface area (Å²) in [6.07, 6.45) is 0.0242. The first kappa shape index (κ1) is 16.4. The summed E-state index contributed by atoms with van der Waals surface area (Å²) >= 11 is 0. The van der Waals surface area contributed by atoms with Crippen molar-refractivity contribution in [3.63, 3.8) is 0 Å². The topological polar surface area (TPSA) is 67.4 Å². The van der Waals surface area contributed by atoms with Gasteiger partial charge in [-0.25, -0.2) is 13.6 Å². The molecule has 0 aromatic heterocycles. The van der Waals surface area contributed by atoms with Crippen molar-refractivity contribution < 1.29 is 23.1 Å². The largest absolute Gasteiger partial charge is 0.465 e. The fourth-order valence-electron chi connectivity index (χ4n) is 2.33.